The fourth-order valence-electron chi connectivity index (χ4n) is 3.95. The third-order valence-corrected chi connectivity index (χ3v) is 5.42. The van der Waals surface area contributed by atoms with Crippen molar-refractivity contribution in [2.24, 2.45) is 0 Å². The lowest BCUT2D eigenvalue weighted by Gasteiger charge is -2.25. The monoisotopic (exact) mass is 443 g/mol. The summed E-state index contributed by atoms with van der Waals surface area (Å²) in [5, 5.41) is 11.2. The highest BCUT2D eigenvalue weighted by Crippen LogP contribution is 2.42. The summed E-state index contributed by atoms with van der Waals surface area (Å²) in [6.07, 6.45) is 0. The van der Waals surface area contributed by atoms with Crippen molar-refractivity contribution in [2.75, 3.05) is 18.1 Å². The summed E-state index contributed by atoms with van der Waals surface area (Å²) in [6.45, 7) is 4.83. The number of hydrogen-bond acceptors (Lipinski definition) is 5. The van der Waals surface area contributed by atoms with Crippen molar-refractivity contribution in [3.63, 3.8) is 0 Å². The highest BCUT2D eigenvalue weighted by Gasteiger charge is 2.46. The molecule has 3 aromatic rings. The standard InChI is InChI=1S/C27H25NO5/c1-3-32-21-14-10-18(11-15-21)24-23(25(29)19-12-16-22(17-13-19)33-4-2)26(30)27(31)28(24)20-8-6-5-7-9-20/h5-17,24,29H,3-4H2,1-2H3/b25-23-. The van der Waals surface area contributed by atoms with Crippen LogP contribution in [0.25, 0.3) is 5.76 Å². The number of aliphatic hydroxyl groups excluding tert-OH is 1. The van der Waals surface area contributed by atoms with Gasteiger partial charge in [-0.25, -0.2) is 0 Å². The number of carbonyl (C=O) groups excluding carboxylic acids is 2. The van der Waals surface area contributed by atoms with Crippen LogP contribution < -0.4 is 14.4 Å². The van der Waals surface area contributed by atoms with Crippen molar-refractivity contribution in [3.8, 4) is 11.5 Å². The average molecular weight is 443 g/mol. The van der Waals surface area contributed by atoms with E-state index in [1.165, 1.54) is 4.90 Å². The van der Waals surface area contributed by atoms with Gasteiger partial charge in [-0.05, 0) is 67.9 Å². The van der Waals surface area contributed by atoms with Crippen LogP contribution in [0.2, 0.25) is 0 Å². The summed E-state index contributed by atoms with van der Waals surface area (Å²) in [7, 11) is 0. The SMILES string of the molecule is CCOc1ccc(/C(O)=C2/C(=O)C(=O)N(c3ccccc3)C2c2ccc(OCC)cc2)cc1. The third-order valence-electron chi connectivity index (χ3n) is 5.42. The molecule has 4 rings (SSSR count). The average Bonchev–Trinajstić information content (AvgIpc) is 3.11. The Morgan fingerprint density at radius 1 is 0.818 bits per heavy atom. The lowest BCUT2D eigenvalue weighted by atomic mass is 9.95. The van der Waals surface area contributed by atoms with Gasteiger partial charge in [0.1, 0.15) is 17.3 Å². The number of carbonyl (C=O) groups is 2. The molecule has 0 aromatic heterocycles. The number of amides is 1. The van der Waals surface area contributed by atoms with E-state index in [0.29, 0.717) is 41.5 Å². The van der Waals surface area contributed by atoms with E-state index in [1.807, 2.05) is 32.0 Å². The third kappa shape index (κ3) is 4.32. The fourth-order valence-corrected chi connectivity index (χ4v) is 3.95. The first kappa shape index (κ1) is 22.1. The van der Waals surface area contributed by atoms with Crippen LogP contribution in [0.3, 0.4) is 0 Å². The predicted octanol–water partition coefficient (Wildman–Crippen LogP) is 5.11. The second kappa shape index (κ2) is 9.61. The van der Waals surface area contributed by atoms with Gasteiger partial charge in [0.15, 0.2) is 0 Å². The Bertz CT molecular complexity index is 1170. The second-order valence-electron chi connectivity index (χ2n) is 7.46. The Hall–Kier alpha value is -4.06. The van der Waals surface area contributed by atoms with Crippen molar-refractivity contribution in [2.45, 2.75) is 19.9 Å². The molecule has 1 amide bonds. The number of nitrogens with zero attached hydrogens (tertiary/aromatic N) is 1. The van der Waals surface area contributed by atoms with E-state index in [4.69, 9.17) is 9.47 Å². The van der Waals surface area contributed by atoms with E-state index in [1.54, 1.807) is 60.7 Å². The van der Waals surface area contributed by atoms with Gasteiger partial charge in [0, 0.05) is 11.3 Å². The van der Waals surface area contributed by atoms with Gasteiger partial charge in [-0.15, -0.1) is 0 Å². The van der Waals surface area contributed by atoms with Crippen molar-refractivity contribution < 1.29 is 24.2 Å². The molecule has 1 N–H and O–H groups in total. The summed E-state index contributed by atoms with van der Waals surface area (Å²) in [5.74, 6) is -0.309. The highest BCUT2D eigenvalue weighted by molar-refractivity contribution is 6.51. The van der Waals surface area contributed by atoms with Crippen molar-refractivity contribution in [3.05, 3.63) is 95.6 Å². The lowest BCUT2D eigenvalue weighted by molar-refractivity contribution is -0.132. The maximum atomic E-state index is 13.2. The molecule has 0 aliphatic carbocycles. The summed E-state index contributed by atoms with van der Waals surface area (Å²) < 4.78 is 11.0. The molecule has 0 radical (unpaired) electrons. The molecule has 1 saturated heterocycles. The number of hydrogen-bond donors (Lipinski definition) is 1. The molecule has 6 heteroatoms. The molecule has 0 spiro atoms. The van der Waals surface area contributed by atoms with Crippen molar-refractivity contribution >= 4 is 23.1 Å². The molecule has 1 atom stereocenters. The number of benzene rings is 3. The van der Waals surface area contributed by atoms with Gasteiger partial charge in [-0.1, -0.05) is 30.3 Å². The first-order chi connectivity index (χ1) is 16.0. The van der Waals surface area contributed by atoms with Gasteiger partial charge in [0.05, 0.1) is 24.8 Å². The summed E-state index contributed by atoms with van der Waals surface area (Å²) in [6, 6.07) is 22.2. The molecule has 1 heterocycles. The Kier molecular flexibility index (Phi) is 6.45. The topological polar surface area (TPSA) is 76.1 Å². The number of ketones is 1. The maximum Gasteiger partial charge on any atom is 0.300 e. The molecule has 1 aliphatic heterocycles. The van der Waals surface area contributed by atoms with E-state index >= 15 is 0 Å². The van der Waals surface area contributed by atoms with Gasteiger partial charge >= 0.3 is 0 Å². The Morgan fingerprint density at radius 2 is 1.36 bits per heavy atom. The minimum Gasteiger partial charge on any atom is -0.507 e. The molecule has 33 heavy (non-hydrogen) atoms. The normalized spacial score (nSPS) is 17.3. The zero-order valence-electron chi connectivity index (χ0n) is 18.5. The van der Waals surface area contributed by atoms with E-state index in [-0.39, 0.29) is 11.3 Å². The van der Waals surface area contributed by atoms with Crippen molar-refractivity contribution in [1.29, 1.82) is 0 Å². The van der Waals surface area contributed by atoms with Crippen LogP contribution in [-0.2, 0) is 9.59 Å². The predicted molar refractivity (Wildman–Crippen MR) is 126 cm³/mol. The number of rotatable bonds is 7. The molecule has 0 saturated carbocycles. The minimum atomic E-state index is -0.783. The van der Waals surface area contributed by atoms with Crippen LogP contribution >= 0.6 is 0 Å². The van der Waals surface area contributed by atoms with Crippen LogP contribution in [-0.4, -0.2) is 30.0 Å². The lowest BCUT2D eigenvalue weighted by Crippen LogP contribution is -2.29. The van der Waals surface area contributed by atoms with Crippen molar-refractivity contribution in [1.82, 2.24) is 0 Å². The fraction of sp³-hybridized carbons (Fsp3) is 0.185. The first-order valence-electron chi connectivity index (χ1n) is 10.9. The zero-order chi connectivity index (χ0) is 23.4. The number of Topliss-reactive ketones (excluding diaryl/α,β-unsaturated/α-hetero) is 1. The summed E-state index contributed by atoms with van der Waals surface area (Å²) in [4.78, 5) is 27.7. The zero-order valence-corrected chi connectivity index (χ0v) is 18.5. The minimum absolute atomic E-state index is 0.0390. The van der Waals surface area contributed by atoms with Crippen LogP contribution in [0.5, 0.6) is 11.5 Å². The van der Waals surface area contributed by atoms with E-state index < -0.39 is 17.7 Å². The van der Waals surface area contributed by atoms with Gasteiger partial charge in [0.2, 0.25) is 0 Å². The molecule has 6 nitrogen and oxygen atoms in total. The van der Waals surface area contributed by atoms with Gasteiger partial charge in [-0.3, -0.25) is 14.5 Å². The largest absolute Gasteiger partial charge is 0.507 e. The Balaban J connectivity index is 1.85. The Labute approximate surface area is 192 Å². The summed E-state index contributed by atoms with van der Waals surface area (Å²) >= 11 is 0. The number of ether oxygens (including phenoxy) is 2. The van der Waals surface area contributed by atoms with Crippen LogP contribution in [0, 0.1) is 0 Å². The van der Waals surface area contributed by atoms with E-state index in [2.05, 4.69) is 0 Å². The molecule has 1 aliphatic rings. The number of para-hydroxylation sites is 1. The van der Waals surface area contributed by atoms with Crippen LogP contribution in [0.15, 0.2) is 84.4 Å². The van der Waals surface area contributed by atoms with Crippen LogP contribution in [0.1, 0.15) is 31.0 Å². The van der Waals surface area contributed by atoms with Gasteiger partial charge < -0.3 is 14.6 Å². The highest BCUT2D eigenvalue weighted by atomic mass is 16.5. The second-order valence-corrected chi connectivity index (χ2v) is 7.46. The molecule has 3 aromatic carbocycles. The molecular weight excluding hydrogens is 418 g/mol. The number of aliphatic hydroxyl groups is 1. The first-order valence-corrected chi connectivity index (χ1v) is 10.9. The van der Waals surface area contributed by atoms with Crippen LogP contribution in [0.4, 0.5) is 5.69 Å². The molecule has 1 unspecified atom stereocenters. The molecule has 1 fully saturated rings. The smallest absolute Gasteiger partial charge is 0.300 e. The van der Waals surface area contributed by atoms with Gasteiger partial charge in [0.25, 0.3) is 11.7 Å². The molecule has 168 valence electrons. The van der Waals surface area contributed by atoms with Gasteiger partial charge in [-0.2, -0.15) is 0 Å². The summed E-state index contributed by atoms with van der Waals surface area (Å²) in [5.41, 5.74) is 1.73. The Morgan fingerprint density at radius 3 is 1.91 bits per heavy atom. The molecule has 0 bridgehead atoms. The molecular formula is C27H25NO5. The van der Waals surface area contributed by atoms with E-state index in [9.17, 15) is 14.7 Å². The maximum absolute atomic E-state index is 13.2. The number of anilines is 1. The van der Waals surface area contributed by atoms with E-state index in [0.717, 1.165) is 0 Å². The quantitative estimate of drug-likeness (QED) is 0.312.